The SMILES string of the molecule is C=CNC(=NC1CC(F)[C@H]1OCCN1CCCC1)N(C)C(C)C#N. The molecule has 0 bridgehead atoms. The van der Waals surface area contributed by atoms with Crippen LogP contribution in [0.5, 0.6) is 0 Å². The van der Waals surface area contributed by atoms with Crippen molar-refractivity contribution in [1.82, 2.24) is 15.1 Å². The average molecular weight is 337 g/mol. The van der Waals surface area contributed by atoms with E-state index in [9.17, 15) is 4.39 Å². The number of nitriles is 1. The molecule has 0 aromatic carbocycles. The lowest BCUT2D eigenvalue weighted by atomic mass is 9.87. The van der Waals surface area contributed by atoms with Crippen molar-refractivity contribution in [3.8, 4) is 6.07 Å². The summed E-state index contributed by atoms with van der Waals surface area (Å²) in [5.41, 5.74) is 0. The maximum absolute atomic E-state index is 13.9. The number of halogens is 1. The summed E-state index contributed by atoms with van der Waals surface area (Å²) in [5.74, 6) is 0.518. The molecule has 1 N–H and O–H groups in total. The summed E-state index contributed by atoms with van der Waals surface area (Å²) in [4.78, 5) is 8.61. The number of alkyl halides is 1. The van der Waals surface area contributed by atoms with Crippen LogP contribution in [-0.4, -0.2) is 73.4 Å². The van der Waals surface area contributed by atoms with Gasteiger partial charge in [0, 0.05) is 20.0 Å². The van der Waals surface area contributed by atoms with E-state index in [1.807, 2.05) is 0 Å². The van der Waals surface area contributed by atoms with Crippen LogP contribution in [0.4, 0.5) is 4.39 Å². The van der Waals surface area contributed by atoms with Crippen LogP contribution in [0, 0.1) is 11.3 Å². The Hall–Kier alpha value is -1.65. The number of hydrogen-bond acceptors (Lipinski definition) is 4. The number of likely N-dealkylation sites (tertiary alicyclic amines) is 1. The standard InChI is InChI=1S/C17H28FN5O/c1-4-20-17(22(3)13(2)12-19)21-15-11-14(18)16(15)24-10-9-23-7-5-6-8-23/h4,13-16H,1,5-11H2,2-3H3,(H,20,21)/t13?,14?,15?,16-/m1/s1. The third-order valence-electron chi connectivity index (χ3n) is 4.74. The second kappa shape index (κ2) is 9.00. The second-order valence-electron chi connectivity index (χ2n) is 6.42. The quantitative estimate of drug-likeness (QED) is 0.564. The van der Waals surface area contributed by atoms with Crippen molar-refractivity contribution in [1.29, 1.82) is 5.26 Å². The number of guanidine groups is 1. The molecular weight excluding hydrogens is 309 g/mol. The van der Waals surface area contributed by atoms with E-state index < -0.39 is 12.3 Å². The van der Waals surface area contributed by atoms with E-state index in [2.05, 4.69) is 27.9 Å². The van der Waals surface area contributed by atoms with Crippen LogP contribution in [0.1, 0.15) is 26.2 Å². The molecule has 2 rings (SSSR count). The van der Waals surface area contributed by atoms with Crippen LogP contribution < -0.4 is 5.32 Å². The monoisotopic (exact) mass is 337 g/mol. The van der Waals surface area contributed by atoms with Gasteiger partial charge >= 0.3 is 0 Å². The van der Waals surface area contributed by atoms with Gasteiger partial charge in [0.25, 0.3) is 0 Å². The highest BCUT2D eigenvalue weighted by Gasteiger charge is 2.43. The van der Waals surface area contributed by atoms with E-state index in [-0.39, 0.29) is 12.1 Å². The molecule has 24 heavy (non-hydrogen) atoms. The summed E-state index contributed by atoms with van der Waals surface area (Å²) in [5, 5.41) is 12.0. The van der Waals surface area contributed by atoms with Gasteiger partial charge < -0.3 is 19.9 Å². The molecule has 2 aliphatic rings. The predicted octanol–water partition coefficient (Wildman–Crippen LogP) is 1.51. The zero-order valence-electron chi connectivity index (χ0n) is 14.6. The first-order valence-corrected chi connectivity index (χ1v) is 8.62. The van der Waals surface area contributed by atoms with Gasteiger partial charge in [0.05, 0.1) is 18.7 Å². The Kier molecular flexibility index (Phi) is 7.00. The fourth-order valence-electron chi connectivity index (χ4n) is 2.96. The minimum absolute atomic E-state index is 0.227. The third kappa shape index (κ3) is 4.68. The van der Waals surface area contributed by atoms with Gasteiger partial charge in [0.2, 0.25) is 0 Å². The van der Waals surface area contributed by atoms with E-state index in [0.717, 1.165) is 19.6 Å². The number of nitrogens with one attached hydrogen (secondary N) is 1. The highest BCUT2D eigenvalue weighted by atomic mass is 19.1. The van der Waals surface area contributed by atoms with E-state index in [0.29, 0.717) is 19.0 Å². The molecule has 3 unspecified atom stereocenters. The van der Waals surface area contributed by atoms with E-state index >= 15 is 0 Å². The van der Waals surface area contributed by atoms with Crippen LogP contribution in [0.2, 0.25) is 0 Å². The van der Waals surface area contributed by atoms with Gasteiger partial charge in [0.1, 0.15) is 18.3 Å². The molecule has 0 radical (unpaired) electrons. The molecule has 0 spiro atoms. The summed E-state index contributed by atoms with van der Waals surface area (Å²) >= 11 is 0. The highest BCUT2D eigenvalue weighted by molar-refractivity contribution is 5.81. The minimum atomic E-state index is -0.971. The number of nitrogens with zero attached hydrogens (tertiary/aromatic N) is 4. The highest BCUT2D eigenvalue weighted by Crippen LogP contribution is 2.30. The van der Waals surface area contributed by atoms with Crippen LogP contribution in [0.3, 0.4) is 0 Å². The number of hydrogen-bond donors (Lipinski definition) is 1. The van der Waals surface area contributed by atoms with Gasteiger partial charge in [-0.25, -0.2) is 9.38 Å². The molecule has 1 saturated carbocycles. The fraction of sp³-hybridized carbons (Fsp3) is 0.765. The largest absolute Gasteiger partial charge is 0.372 e. The first-order chi connectivity index (χ1) is 11.6. The molecule has 0 aromatic heterocycles. The molecule has 1 aliphatic heterocycles. The Balaban J connectivity index is 1.90. The van der Waals surface area contributed by atoms with Crippen molar-refractivity contribution < 1.29 is 9.13 Å². The Morgan fingerprint density at radius 2 is 2.29 bits per heavy atom. The van der Waals surface area contributed by atoms with Crippen LogP contribution in [-0.2, 0) is 4.74 Å². The van der Waals surface area contributed by atoms with Crippen LogP contribution >= 0.6 is 0 Å². The van der Waals surface area contributed by atoms with Crippen molar-refractivity contribution in [2.24, 2.45) is 4.99 Å². The maximum atomic E-state index is 13.9. The van der Waals surface area contributed by atoms with Crippen LogP contribution in [0.15, 0.2) is 17.8 Å². The summed E-state index contributed by atoms with van der Waals surface area (Å²) in [7, 11) is 1.78. The fourth-order valence-corrected chi connectivity index (χ4v) is 2.96. The average Bonchev–Trinajstić information content (AvgIpc) is 3.09. The Morgan fingerprint density at radius 3 is 2.88 bits per heavy atom. The topological polar surface area (TPSA) is 63.9 Å². The van der Waals surface area contributed by atoms with Gasteiger partial charge in [-0.05, 0) is 39.1 Å². The molecule has 7 heteroatoms. The molecule has 0 aromatic rings. The summed E-state index contributed by atoms with van der Waals surface area (Å²) < 4.78 is 19.6. The zero-order valence-corrected chi connectivity index (χ0v) is 14.6. The maximum Gasteiger partial charge on any atom is 0.199 e. The Labute approximate surface area is 144 Å². The molecule has 4 atom stereocenters. The number of rotatable bonds is 7. The molecule has 134 valence electrons. The van der Waals surface area contributed by atoms with E-state index in [4.69, 9.17) is 10.00 Å². The van der Waals surface area contributed by atoms with Gasteiger partial charge in [-0.15, -0.1) is 0 Å². The molecule has 1 aliphatic carbocycles. The zero-order chi connectivity index (χ0) is 17.5. The van der Waals surface area contributed by atoms with Crippen molar-refractivity contribution >= 4 is 5.96 Å². The lowest BCUT2D eigenvalue weighted by Crippen LogP contribution is -2.52. The molecule has 1 saturated heterocycles. The molecule has 6 nitrogen and oxygen atoms in total. The summed E-state index contributed by atoms with van der Waals surface area (Å²) in [6.07, 6.45) is 2.87. The lowest BCUT2D eigenvalue weighted by molar-refractivity contribution is -0.0781. The number of ether oxygens (including phenoxy) is 1. The van der Waals surface area contributed by atoms with Crippen molar-refractivity contribution in [3.63, 3.8) is 0 Å². The normalized spacial score (nSPS) is 28.8. The predicted molar refractivity (Wildman–Crippen MR) is 92.3 cm³/mol. The molecule has 1 heterocycles. The van der Waals surface area contributed by atoms with E-state index in [1.165, 1.54) is 19.0 Å². The smallest absolute Gasteiger partial charge is 0.199 e. The minimum Gasteiger partial charge on any atom is -0.372 e. The first kappa shape index (κ1) is 18.7. The van der Waals surface area contributed by atoms with Crippen molar-refractivity contribution in [3.05, 3.63) is 12.8 Å². The summed E-state index contributed by atoms with van der Waals surface area (Å²) in [6, 6.07) is 1.59. The Bertz CT molecular complexity index is 486. The molecule has 0 amide bonds. The van der Waals surface area contributed by atoms with Gasteiger partial charge in [0.15, 0.2) is 5.96 Å². The van der Waals surface area contributed by atoms with Gasteiger partial charge in [-0.2, -0.15) is 5.26 Å². The van der Waals surface area contributed by atoms with E-state index in [1.54, 1.807) is 18.9 Å². The van der Waals surface area contributed by atoms with Crippen LogP contribution in [0.25, 0.3) is 0 Å². The number of aliphatic imine (C=N–C) groups is 1. The Morgan fingerprint density at radius 1 is 1.58 bits per heavy atom. The first-order valence-electron chi connectivity index (χ1n) is 8.62. The second-order valence-corrected chi connectivity index (χ2v) is 6.42. The van der Waals surface area contributed by atoms with Gasteiger partial charge in [-0.1, -0.05) is 6.58 Å². The molecular formula is C17H28FN5O. The molecule has 2 fully saturated rings. The summed E-state index contributed by atoms with van der Waals surface area (Å²) in [6.45, 7) is 9.02. The third-order valence-corrected chi connectivity index (χ3v) is 4.74. The lowest BCUT2D eigenvalue weighted by Gasteiger charge is -2.38. The van der Waals surface area contributed by atoms with Crippen molar-refractivity contribution in [2.45, 2.75) is 50.5 Å². The van der Waals surface area contributed by atoms with Crippen molar-refractivity contribution in [2.75, 3.05) is 33.3 Å². The van der Waals surface area contributed by atoms with Gasteiger partial charge in [-0.3, -0.25) is 0 Å².